The maximum atomic E-state index is 10.8. The van der Waals surface area contributed by atoms with Crippen LogP contribution in [0.4, 0.5) is 5.69 Å². The van der Waals surface area contributed by atoms with Crippen molar-refractivity contribution < 1.29 is 9.90 Å². The predicted molar refractivity (Wildman–Crippen MR) is 67.3 cm³/mol. The Morgan fingerprint density at radius 1 is 1.56 bits per heavy atom. The molecule has 0 bridgehead atoms. The van der Waals surface area contributed by atoms with Gasteiger partial charge in [-0.15, -0.1) is 0 Å². The number of hydrogen-bond acceptors (Lipinski definition) is 3. The quantitative estimate of drug-likeness (QED) is 0.848. The monoisotopic (exact) mass is 237 g/mol. The van der Waals surface area contributed by atoms with Gasteiger partial charge >= 0.3 is 5.97 Å². The predicted octanol–water partition coefficient (Wildman–Crippen LogP) is 2.69. The van der Waals surface area contributed by atoms with Gasteiger partial charge in [-0.2, -0.15) is 11.8 Å². The smallest absolute Gasteiger partial charge is 0.335 e. The van der Waals surface area contributed by atoms with Crippen LogP contribution in [0.2, 0.25) is 0 Å². The largest absolute Gasteiger partial charge is 0.478 e. The first kappa shape index (κ1) is 11.3. The molecule has 4 heteroatoms. The third-order valence-corrected chi connectivity index (χ3v) is 4.16. The molecule has 16 heavy (non-hydrogen) atoms. The van der Waals surface area contributed by atoms with E-state index in [-0.39, 0.29) is 0 Å². The van der Waals surface area contributed by atoms with Crippen molar-refractivity contribution in [2.24, 2.45) is 0 Å². The molecule has 1 aromatic rings. The minimum atomic E-state index is -0.877. The van der Waals surface area contributed by atoms with Crippen LogP contribution in [0.3, 0.4) is 0 Å². The van der Waals surface area contributed by atoms with Gasteiger partial charge in [0.1, 0.15) is 0 Å². The first-order chi connectivity index (χ1) is 7.66. The molecule has 1 saturated heterocycles. The summed E-state index contributed by atoms with van der Waals surface area (Å²) in [6.45, 7) is 2.20. The topological polar surface area (TPSA) is 49.3 Å². The molecule has 0 radical (unpaired) electrons. The molecule has 0 aliphatic carbocycles. The van der Waals surface area contributed by atoms with Gasteiger partial charge in [0.25, 0.3) is 0 Å². The molecule has 1 fully saturated rings. The molecule has 0 spiro atoms. The van der Waals surface area contributed by atoms with Crippen LogP contribution in [-0.4, -0.2) is 28.1 Å². The van der Waals surface area contributed by atoms with E-state index in [0.29, 0.717) is 16.9 Å². The summed E-state index contributed by atoms with van der Waals surface area (Å²) in [6, 6.07) is 7.45. The van der Waals surface area contributed by atoms with Crippen LogP contribution in [0.25, 0.3) is 0 Å². The number of carbonyl (C=O) groups is 1. The van der Waals surface area contributed by atoms with Gasteiger partial charge in [-0.05, 0) is 30.4 Å². The molecular formula is C12H15NO2S. The molecule has 3 nitrogen and oxygen atoms in total. The summed E-state index contributed by atoms with van der Waals surface area (Å²) in [6.07, 6.45) is 1.14. The maximum absolute atomic E-state index is 10.8. The lowest BCUT2D eigenvalue weighted by atomic mass is 10.1. The second-order valence-electron chi connectivity index (χ2n) is 4.00. The van der Waals surface area contributed by atoms with Gasteiger partial charge < -0.3 is 10.4 Å². The van der Waals surface area contributed by atoms with Gasteiger partial charge in [0.15, 0.2) is 0 Å². The highest BCUT2D eigenvalue weighted by atomic mass is 32.2. The Kier molecular flexibility index (Phi) is 3.39. The van der Waals surface area contributed by atoms with Crippen LogP contribution < -0.4 is 5.32 Å². The molecule has 2 unspecified atom stereocenters. The number of hydrogen-bond donors (Lipinski definition) is 2. The Bertz CT molecular complexity index is 394. The summed E-state index contributed by atoms with van der Waals surface area (Å²) in [5.41, 5.74) is 1.24. The van der Waals surface area contributed by atoms with E-state index in [0.717, 1.165) is 12.1 Å². The standard InChI is InChI=1S/C12H15NO2S/c1-8-11(5-6-16-8)13-10-4-2-3-9(7-10)12(14)15/h2-4,7-8,11,13H,5-6H2,1H3,(H,14,15). The van der Waals surface area contributed by atoms with Gasteiger partial charge in [0.05, 0.1) is 5.56 Å². The number of carboxylic acids is 1. The molecule has 0 amide bonds. The van der Waals surface area contributed by atoms with E-state index in [2.05, 4.69) is 12.2 Å². The van der Waals surface area contributed by atoms with E-state index < -0.39 is 5.97 Å². The Hall–Kier alpha value is -1.16. The van der Waals surface area contributed by atoms with Crippen molar-refractivity contribution in [2.45, 2.75) is 24.6 Å². The lowest BCUT2D eigenvalue weighted by Crippen LogP contribution is -2.24. The Labute approximate surface area is 99.2 Å². The summed E-state index contributed by atoms with van der Waals surface area (Å²) in [5, 5.41) is 12.9. The van der Waals surface area contributed by atoms with E-state index in [4.69, 9.17) is 5.11 Å². The number of nitrogens with one attached hydrogen (secondary N) is 1. The van der Waals surface area contributed by atoms with E-state index in [1.54, 1.807) is 18.2 Å². The van der Waals surface area contributed by atoms with Crippen LogP contribution in [-0.2, 0) is 0 Å². The normalized spacial score (nSPS) is 24.3. The molecular weight excluding hydrogens is 222 g/mol. The Balaban J connectivity index is 2.09. The van der Waals surface area contributed by atoms with E-state index in [1.807, 2.05) is 17.8 Å². The van der Waals surface area contributed by atoms with Crippen LogP contribution in [0.5, 0.6) is 0 Å². The highest BCUT2D eigenvalue weighted by Gasteiger charge is 2.23. The number of anilines is 1. The van der Waals surface area contributed by atoms with Gasteiger partial charge in [0, 0.05) is 17.0 Å². The molecule has 1 aliphatic rings. The minimum absolute atomic E-state index is 0.336. The lowest BCUT2D eigenvalue weighted by Gasteiger charge is -2.18. The fourth-order valence-electron chi connectivity index (χ4n) is 1.88. The average Bonchev–Trinajstić information content (AvgIpc) is 2.65. The molecule has 1 heterocycles. The zero-order valence-electron chi connectivity index (χ0n) is 9.14. The second-order valence-corrected chi connectivity index (χ2v) is 5.49. The fourth-order valence-corrected chi connectivity index (χ4v) is 3.08. The second kappa shape index (κ2) is 4.78. The van der Waals surface area contributed by atoms with Crippen molar-refractivity contribution in [2.75, 3.05) is 11.1 Å². The lowest BCUT2D eigenvalue weighted by molar-refractivity contribution is 0.0697. The summed E-state index contributed by atoms with van der Waals surface area (Å²) in [4.78, 5) is 10.8. The molecule has 0 saturated carbocycles. The highest BCUT2D eigenvalue weighted by Crippen LogP contribution is 2.28. The van der Waals surface area contributed by atoms with Crippen molar-refractivity contribution in [3.8, 4) is 0 Å². The summed E-state index contributed by atoms with van der Waals surface area (Å²) in [7, 11) is 0. The van der Waals surface area contributed by atoms with E-state index in [9.17, 15) is 4.79 Å². The SMILES string of the molecule is CC1SCCC1Nc1cccc(C(=O)O)c1. The molecule has 1 aliphatic heterocycles. The zero-order valence-corrected chi connectivity index (χ0v) is 9.96. The van der Waals surface area contributed by atoms with Gasteiger partial charge in [-0.3, -0.25) is 0 Å². The van der Waals surface area contributed by atoms with Crippen molar-refractivity contribution in [3.05, 3.63) is 29.8 Å². The van der Waals surface area contributed by atoms with Crippen LogP contribution in [0.1, 0.15) is 23.7 Å². The highest BCUT2D eigenvalue weighted by molar-refractivity contribution is 8.00. The molecule has 2 N–H and O–H groups in total. The fraction of sp³-hybridized carbons (Fsp3) is 0.417. The molecule has 2 rings (SSSR count). The van der Waals surface area contributed by atoms with E-state index >= 15 is 0 Å². The summed E-state index contributed by atoms with van der Waals surface area (Å²) >= 11 is 1.96. The zero-order chi connectivity index (χ0) is 11.5. The first-order valence-corrected chi connectivity index (χ1v) is 6.43. The molecule has 2 atom stereocenters. The van der Waals surface area contributed by atoms with Crippen molar-refractivity contribution in [3.63, 3.8) is 0 Å². The van der Waals surface area contributed by atoms with Gasteiger partial charge in [0.2, 0.25) is 0 Å². The third kappa shape index (κ3) is 2.50. The average molecular weight is 237 g/mol. The van der Waals surface area contributed by atoms with Gasteiger partial charge in [-0.25, -0.2) is 4.79 Å². The van der Waals surface area contributed by atoms with Crippen LogP contribution >= 0.6 is 11.8 Å². The number of rotatable bonds is 3. The first-order valence-electron chi connectivity index (χ1n) is 5.38. The van der Waals surface area contributed by atoms with Gasteiger partial charge in [-0.1, -0.05) is 13.0 Å². The molecule has 1 aromatic carbocycles. The van der Waals surface area contributed by atoms with Crippen molar-refractivity contribution in [1.82, 2.24) is 0 Å². The molecule has 0 aromatic heterocycles. The summed E-state index contributed by atoms with van der Waals surface area (Å²) < 4.78 is 0. The van der Waals surface area contributed by atoms with Crippen LogP contribution in [0, 0.1) is 0 Å². The van der Waals surface area contributed by atoms with E-state index in [1.165, 1.54) is 5.75 Å². The Morgan fingerprint density at radius 3 is 3.00 bits per heavy atom. The molecule has 86 valence electrons. The van der Waals surface area contributed by atoms with Crippen molar-refractivity contribution in [1.29, 1.82) is 0 Å². The number of benzene rings is 1. The van der Waals surface area contributed by atoms with Crippen molar-refractivity contribution >= 4 is 23.4 Å². The Morgan fingerprint density at radius 2 is 2.38 bits per heavy atom. The summed E-state index contributed by atoms with van der Waals surface area (Å²) in [5.74, 6) is 0.301. The number of thioether (sulfide) groups is 1. The van der Waals surface area contributed by atoms with Crippen LogP contribution in [0.15, 0.2) is 24.3 Å². The number of aromatic carboxylic acids is 1. The minimum Gasteiger partial charge on any atom is -0.478 e. The maximum Gasteiger partial charge on any atom is 0.335 e. The third-order valence-electron chi connectivity index (χ3n) is 2.84. The number of carboxylic acid groups (broad SMARTS) is 1.